The summed E-state index contributed by atoms with van der Waals surface area (Å²) >= 11 is 0. The topological polar surface area (TPSA) is 33.0 Å². The first kappa shape index (κ1) is 17.5. The van der Waals surface area contributed by atoms with E-state index in [4.69, 9.17) is 10.00 Å². The zero-order valence-electron chi connectivity index (χ0n) is 7.48. The molecule has 0 aliphatic rings. The maximum Gasteiger partial charge on any atom is 0.762 e. The fourth-order valence-corrected chi connectivity index (χ4v) is 0.204. The van der Waals surface area contributed by atoms with Crippen molar-refractivity contribution in [3.63, 3.8) is 0 Å². The summed E-state index contributed by atoms with van der Waals surface area (Å²) in [5.41, 5.74) is 0. The maximum absolute atomic E-state index is 9.67. The molecule has 0 atom stereocenters. The first-order valence-electron chi connectivity index (χ1n) is 3.37. The summed E-state index contributed by atoms with van der Waals surface area (Å²) in [6, 6.07) is 0. The second-order valence-electron chi connectivity index (χ2n) is 1.25. The Morgan fingerprint density at radius 3 is 1.50 bits per heavy atom. The van der Waals surface area contributed by atoms with Crippen molar-refractivity contribution in [3.8, 4) is 5.97 Å². The van der Waals surface area contributed by atoms with Crippen molar-refractivity contribution >= 4 is 15.4 Å². The quantitative estimate of drug-likeness (QED) is 0.595. The Morgan fingerprint density at radius 2 is 1.50 bits per heavy atom. The largest absolute Gasteiger partial charge is 0.762 e. The lowest BCUT2D eigenvalue weighted by atomic mass is 10.2. The third-order valence-electron chi connectivity index (χ3n) is 0.408. The molecule has 0 aromatic carbocycles. The van der Waals surface area contributed by atoms with E-state index in [1.165, 1.54) is 7.85 Å². The van der Waals surface area contributed by atoms with Crippen LogP contribution in [0.25, 0.3) is 0 Å². The molecule has 70 valence electrons. The molecular formula is C5H12B2F3NO. The van der Waals surface area contributed by atoms with Crippen molar-refractivity contribution in [2.24, 2.45) is 0 Å². The molecule has 0 aliphatic heterocycles. The molecule has 0 amide bonds. The molecule has 0 heterocycles. The minimum atomic E-state index is -3.67. The Bertz CT molecular complexity index is 94.4. The summed E-state index contributed by atoms with van der Waals surface area (Å²) in [5.74, 6) is 1.75. The Balaban J connectivity index is -0.000000105. The van der Waals surface area contributed by atoms with E-state index in [1.54, 1.807) is 5.97 Å². The maximum atomic E-state index is 9.67. The van der Waals surface area contributed by atoms with E-state index in [0.717, 1.165) is 13.2 Å². The molecule has 0 N–H and O–H groups in total. The Labute approximate surface area is 72.3 Å². The van der Waals surface area contributed by atoms with E-state index in [9.17, 15) is 12.9 Å². The number of rotatable bonds is 2. The molecule has 0 spiro atoms. The van der Waals surface area contributed by atoms with Crippen molar-refractivity contribution in [3.05, 3.63) is 0 Å². The zero-order chi connectivity index (χ0) is 10.4. The Kier molecular flexibility index (Phi) is 32.6. The molecule has 2 nitrogen and oxygen atoms in total. The highest BCUT2D eigenvalue weighted by atomic mass is 19.4. The van der Waals surface area contributed by atoms with Gasteiger partial charge in [0.15, 0.2) is 0 Å². The third kappa shape index (κ3) is 350. The van der Waals surface area contributed by atoms with Gasteiger partial charge in [0.05, 0.1) is 0 Å². The number of ether oxygens (including phenoxy) is 1. The highest BCUT2D eigenvalue weighted by Crippen LogP contribution is 1.80. The molecule has 0 saturated carbocycles. The average Bonchev–Trinajstić information content (AvgIpc) is 1.89. The van der Waals surface area contributed by atoms with Gasteiger partial charge >= 0.3 is 7.54 Å². The predicted molar refractivity (Wildman–Crippen MR) is 45.4 cm³/mol. The predicted octanol–water partition coefficient (Wildman–Crippen LogP) is 1.02. The molecule has 0 radical (unpaired) electrons. The summed E-state index contributed by atoms with van der Waals surface area (Å²) < 4.78 is 33.8. The van der Waals surface area contributed by atoms with Gasteiger partial charge in [-0.25, -0.2) is 5.26 Å². The van der Waals surface area contributed by atoms with Gasteiger partial charge in [-0.05, 0) is 19.8 Å². The van der Waals surface area contributed by atoms with Gasteiger partial charge < -0.3 is 4.74 Å². The average molecular weight is 181 g/mol. The minimum Gasteiger partial charge on any atom is -0.382 e. The number of halogens is 3. The van der Waals surface area contributed by atoms with Gasteiger partial charge in [-0.15, -0.1) is 0 Å². The van der Waals surface area contributed by atoms with Crippen molar-refractivity contribution in [1.29, 1.82) is 5.26 Å². The summed E-state index contributed by atoms with van der Waals surface area (Å²) in [4.78, 5) is 0. The third-order valence-corrected chi connectivity index (χ3v) is 0.408. The highest BCUT2D eigenvalue weighted by molar-refractivity contribution is 6.33. The van der Waals surface area contributed by atoms with Crippen molar-refractivity contribution in [2.75, 3.05) is 13.2 Å². The van der Waals surface area contributed by atoms with Crippen LogP contribution in [0.4, 0.5) is 12.9 Å². The van der Waals surface area contributed by atoms with E-state index in [-0.39, 0.29) is 0 Å². The lowest BCUT2D eigenvalue weighted by molar-refractivity contribution is 0.162. The van der Waals surface area contributed by atoms with Crippen LogP contribution >= 0.6 is 0 Å². The molecule has 0 bridgehead atoms. The van der Waals surface area contributed by atoms with E-state index < -0.39 is 7.54 Å². The van der Waals surface area contributed by atoms with Gasteiger partial charge in [0.25, 0.3) is 0 Å². The molecule has 0 unspecified atom stereocenters. The monoisotopic (exact) mass is 181 g/mol. The zero-order valence-corrected chi connectivity index (χ0v) is 7.48. The van der Waals surface area contributed by atoms with Crippen molar-refractivity contribution in [1.82, 2.24) is 0 Å². The second kappa shape index (κ2) is 22.4. The minimum absolute atomic E-state index is 0.844. The second-order valence-corrected chi connectivity index (χ2v) is 1.25. The number of hydrogen-bond acceptors (Lipinski definition) is 2. The molecular weight excluding hydrogens is 169 g/mol. The molecule has 0 aromatic heterocycles. The number of nitriles is 1. The van der Waals surface area contributed by atoms with Gasteiger partial charge in [0.2, 0.25) is 7.85 Å². The van der Waals surface area contributed by atoms with E-state index in [1.807, 2.05) is 13.8 Å². The molecule has 0 fully saturated rings. The Hall–Kier alpha value is -0.630. The lowest BCUT2D eigenvalue weighted by Gasteiger charge is -1.86. The standard InChI is InChI=1S/C4H10O.CH2BN.BF3/c1-3-5-4-2;2-1-3;2-1(3)4/h3-4H2,1-2H3;2H2;. The fourth-order valence-electron chi connectivity index (χ4n) is 0.204. The molecule has 0 aliphatic carbocycles. The van der Waals surface area contributed by atoms with Crippen LogP contribution in [0, 0.1) is 11.2 Å². The summed E-state index contributed by atoms with van der Waals surface area (Å²) in [6.45, 7) is 5.67. The fraction of sp³-hybridized carbons (Fsp3) is 0.800. The van der Waals surface area contributed by atoms with Crippen LogP contribution in [0.15, 0.2) is 0 Å². The van der Waals surface area contributed by atoms with Crippen LogP contribution in [0.2, 0.25) is 0 Å². The van der Waals surface area contributed by atoms with Crippen LogP contribution in [0.1, 0.15) is 13.8 Å². The van der Waals surface area contributed by atoms with Gasteiger partial charge in [-0.1, -0.05) is 0 Å². The molecule has 0 rings (SSSR count). The summed E-state index contributed by atoms with van der Waals surface area (Å²) in [5, 5.41) is 7.32. The van der Waals surface area contributed by atoms with Crippen LogP contribution < -0.4 is 0 Å². The van der Waals surface area contributed by atoms with E-state index in [0.29, 0.717) is 0 Å². The van der Waals surface area contributed by atoms with Crippen molar-refractivity contribution in [2.45, 2.75) is 13.8 Å². The van der Waals surface area contributed by atoms with E-state index in [2.05, 4.69) is 0 Å². The van der Waals surface area contributed by atoms with Crippen molar-refractivity contribution < 1.29 is 17.7 Å². The first-order chi connectivity index (χ1) is 5.56. The van der Waals surface area contributed by atoms with Gasteiger partial charge in [-0.2, -0.15) is 0 Å². The smallest absolute Gasteiger partial charge is 0.382 e. The van der Waals surface area contributed by atoms with E-state index >= 15 is 0 Å². The van der Waals surface area contributed by atoms with Gasteiger partial charge in [0, 0.05) is 13.2 Å². The van der Waals surface area contributed by atoms with Gasteiger partial charge in [0.1, 0.15) is 0 Å². The van der Waals surface area contributed by atoms with Crippen LogP contribution in [-0.2, 0) is 4.74 Å². The molecule has 0 aromatic rings. The molecule has 7 heteroatoms. The first-order valence-corrected chi connectivity index (χ1v) is 3.37. The van der Waals surface area contributed by atoms with Gasteiger partial charge in [-0.3, -0.25) is 12.9 Å². The SMILES string of the molecule is BC#N.CCOCC.FB(F)F. The summed E-state index contributed by atoms with van der Waals surface area (Å²) in [7, 11) is -2.24. The van der Waals surface area contributed by atoms with Crippen LogP contribution in [0.5, 0.6) is 0 Å². The summed E-state index contributed by atoms with van der Waals surface area (Å²) in [6.07, 6.45) is 0. The number of hydrogen-bond donors (Lipinski definition) is 0. The normalized spacial score (nSPS) is 6.33. The van der Waals surface area contributed by atoms with Crippen LogP contribution in [-0.4, -0.2) is 28.6 Å². The van der Waals surface area contributed by atoms with Crippen LogP contribution in [0.3, 0.4) is 0 Å². The lowest BCUT2D eigenvalue weighted by Crippen LogP contribution is -1.84. The molecule has 0 saturated heterocycles. The number of nitrogens with zero attached hydrogens (tertiary/aromatic N) is 1. The molecule has 12 heavy (non-hydrogen) atoms. The highest BCUT2D eigenvalue weighted by Gasteiger charge is 2.06. The Morgan fingerprint density at radius 1 is 1.33 bits per heavy atom.